The topological polar surface area (TPSA) is 102 Å². The molecule has 8 saturated heterocycles. The smallest absolute Gasteiger partial charge is 0.192 e. The molecule has 0 bridgehead atoms. The number of fused-ring (bicyclic) bond motifs is 7. The fourth-order valence-corrected chi connectivity index (χ4v) is 15.6. The first-order chi connectivity index (χ1) is 33.0. The average molecular weight is 993 g/mol. The minimum atomic E-state index is -1.97. The van der Waals surface area contributed by atoms with E-state index in [9.17, 15) is 0 Å². The molecule has 8 aliphatic heterocycles. The maximum Gasteiger partial charge on any atom is 0.192 e. The molecule has 0 N–H and O–H groups in total. The van der Waals surface area contributed by atoms with Crippen LogP contribution in [0.3, 0.4) is 0 Å². The summed E-state index contributed by atoms with van der Waals surface area (Å²) in [6.45, 7) is 22.3. The van der Waals surface area contributed by atoms with Crippen molar-refractivity contribution in [2.45, 2.75) is 265 Å². The van der Waals surface area contributed by atoms with Crippen LogP contribution >= 0.6 is 11.8 Å². The zero-order valence-corrected chi connectivity index (χ0v) is 45.0. The van der Waals surface area contributed by atoms with Crippen LogP contribution in [0.5, 0.6) is 0 Å². The van der Waals surface area contributed by atoms with Gasteiger partial charge in [0.2, 0.25) is 0 Å². The van der Waals surface area contributed by atoms with E-state index in [-0.39, 0.29) is 96.6 Å². The highest BCUT2D eigenvalue weighted by atomic mass is 32.2. The summed E-state index contributed by atoms with van der Waals surface area (Å²) in [5.74, 6) is 0.915. The van der Waals surface area contributed by atoms with Crippen molar-refractivity contribution < 1.29 is 51.8 Å². The molecule has 2 aromatic carbocycles. The Hall–Kier alpha value is -1.43. The second kappa shape index (κ2) is 20.7. The zero-order chi connectivity index (χ0) is 48.2. The van der Waals surface area contributed by atoms with Crippen molar-refractivity contribution in [2.75, 3.05) is 12.4 Å². The van der Waals surface area contributed by atoms with Gasteiger partial charge in [0.05, 0.1) is 116 Å². The molecule has 0 aromatic heterocycles. The zero-order valence-electron chi connectivity index (χ0n) is 43.1. The highest BCUT2D eigenvalue weighted by molar-refractivity contribution is 8.00. The summed E-state index contributed by atoms with van der Waals surface area (Å²) in [6, 6.07) is 20.9. The van der Waals surface area contributed by atoms with Gasteiger partial charge < -0.3 is 51.8 Å². The molecule has 0 amide bonds. The van der Waals surface area contributed by atoms with Crippen molar-refractivity contribution >= 4 is 20.1 Å². The summed E-state index contributed by atoms with van der Waals surface area (Å²) in [5, 5.41) is 0.133. The number of rotatable bonds is 13. The summed E-state index contributed by atoms with van der Waals surface area (Å²) in [7, 11) is -1.97. The minimum absolute atomic E-state index is 0.00376. The molecule has 2 aromatic rings. The normalized spacial score (nSPS) is 43.3. The first-order valence-corrected chi connectivity index (χ1v) is 30.8. The molecule has 0 unspecified atom stereocenters. The Bertz CT molecular complexity index is 1990. The Labute approximate surface area is 418 Å². The molecule has 69 heavy (non-hydrogen) atoms. The molecular formula is C56H84O11SSi. The van der Waals surface area contributed by atoms with E-state index in [1.807, 2.05) is 17.8 Å². The van der Waals surface area contributed by atoms with Crippen molar-refractivity contribution in [1.82, 2.24) is 0 Å². The van der Waals surface area contributed by atoms with E-state index >= 15 is 0 Å². The van der Waals surface area contributed by atoms with E-state index in [1.54, 1.807) is 0 Å². The van der Waals surface area contributed by atoms with Crippen LogP contribution in [0.2, 0.25) is 18.1 Å². The fraction of sp³-hybridized carbons (Fsp3) is 0.786. The summed E-state index contributed by atoms with van der Waals surface area (Å²) < 4.78 is 77.3. The third-order valence-electron chi connectivity index (χ3n) is 17.8. The van der Waals surface area contributed by atoms with E-state index in [2.05, 4.69) is 116 Å². The second-order valence-corrected chi connectivity index (χ2v) is 30.1. The van der Waals surface area contributed by atoms with Crippen molar-refractivity contribution in [1.29, 1.82) is 0 Å². The van der Waals surface area contributed by atoms with E-state index in [4.69, 9.17) is 51.8 Å². The van der Waals surface area contributed by atoms with Crippen molar-refractivity contribution in [2.24, 2.45) is 0 Å². The van der Waals surface area contributed by atoms with Gasteiger partial charge in [0.1, 0.15) is 4.93 Å². The van der Waals surface area contributed by atoms with Gasteiger partial charge in [-0.15, -0.1) is 11.8 Å². The van der Waals surface area contributed by atoms with Crippen LogP contribution in [0.15, 0.2) is 60.7 Å². The molecule has 0 saturated carbocycles. The third kappa shape index (κ3) is 10.9. The molecule has 18 atom stereocenters. The van der Waals surface area contributed by atoms with Gasteiger partial charge >= 0.3 is 0 Å². The van der Waals surface area contributed by atoms with Gasteiger partial charge in [-0.1, -0.05) is 88.4 Å². The maximum atomic E-state index is 7.44. The van der Waals surface area contributed by atoms with Gasteiger partial charge in [-0.25, -0.2) is 0 Å². The lowest BCUT2D eigenvalue weighted by Gasteiger charge is -2.59. The van der Waals surface area contributed by atoms with Crippen LogP contribution in [0.4, 0.5) is 0 Å². The van der Waals surface area contributed by atoms with E-state index in [1.165, 1.54) is 11.1 Å². The van der Waals surface area contributed by atoms with Gasteiger partial charge in [-0.3, -0.25) is 0 Å². The number of ether oxygens (including phenoxy) is 10. The molecule has 11 nitrogen and oxygen atoms in total. The van der Waals surface area contributed by atoms with E-state index in [0.29, 0.717) is 19.8 Å². The largest absolute Gasteiger partial charge is 0.411 e. The number of benzene rings is 2. The van der Waals surface area contributed by atoms with E-state index < -0.39 is 24.5 Å². The molecule has 8 heterocycles. The van der Waals surface area contributed by atoms with Crippen LogP contribution in [0, 0.1) is 0 Å². The van der Waals surface area contributed by atoms with Crippen molar-refractivity contribution in [3.05, 3.63) is 71.8 Å². The maximum absolute atomic E-state index is 7.44. The summed E-state index contributed by atoms with van der Waals surface area (Å²) in [5.41, 5.74) is 1.32. The first kappa shape index (κ1) is 51.1. The highest BCUT2D eigenvalue weighted by Crippen LogP contribution is 2.55. The van der Waals surface area contributed by atoms with Crippen LogP contribution < -0.4 is 0 Å². The number of hydrogen-bond donors (Lipinski definition) is 0. The monoisotopic (exact) mass is 993 g/mol. The van der Waals surface area contributed by atoms with Crippen molar-refractivity contribution in [3.8, 4) is 0 Å². The van der Waals surface area contributed by atoms with Gasteiger partial charge in [-0.05, 0) is 94.3 Å². The highest BCUT2D eigenvalue weighted by Gasteiger charge is 2.63. The van der Waals surface area contributed by atoms with Gasteiger partial charge in [0.25, 0.3) is 0 Å². The molecule has 384 valence electrons. The summed E-state index contributed by atoms with van der Waals surface area (Å²) >= 11 is 1.88. The van der Waals surface area contributed by atoms with Gasteiger partial charge in [-0.2, -0.15) is 0 Å². The summed E-state index contributed by atoms with van der Waals surface area (Å²) in [6.07, 6.45) is 9.11. The van der Waals surface area contributed by atoms with Gasteiger partial charge in [0.15, 0.2) is 8.32 Å². The molecular weight excluding hydrogens is 909 g/mol. The molecule has 0 aliphatic carbocycles. The Balaban J connectivity index is 0.798. The Kier molecular flexibility index (Phi) is 15.3. The number of hydrogen-bond acceptors (Lipinski definition) is 12. The van der Waals surface area contributed by atoms with Crippen LogP contribution in [-0.2, 0) is 65.0 Å². The lowest BCUT2D eigenvalue weighted by molar-refractivity contribution is -0.332. The quantitative estimate of drug-likeness (QED) is 0.141. The standard InChI is InChI=1S/C56H84O11SSi/c1-10-68-56-33-48-44(30-46-40(61-48)22-24-50(58-35-38-20-15-12-16-21-38)54(6,64-46)26-17-27-57-34-37-18-13-11-14-19-37)63-52(56)31-45-49(66-56)32-55(7)51(62-45)25-23-39-47(65-55)29-42-43(60-39)28-41(36(2)59-42)67-69(8,9)53(3,4)5/h11-16,18-21,36,39-52H,10,17,22-35H2,1-9H3/t36-,39+,40+,41+,42+,43-,44+,45+,46-,47-,48-,49-,50-,51-,52-,54+,55+,56-/m1/s1. The first-order valence-electron chi connectivity index (χ1n) is 26.9. The van der Waals surface area contributed by atoms with Crippen LogP contribution in [-0.4, -0.2) is 128 Å². The Morgan fingerprint density at radius 1 is 0.638 bits per heavy atom. The molecule has 0 spiro atoms. The van der Waals surface area contributed by atoms with Gasteiger partial charge in [0, 0.05) is 45.1 Å². The number of thioether (sulfide) groups is 1. The Morgan fingerprint density at radius 3 is 1.97 bits per heavy atom. The Morgan fingerprint density at radius 2 is 1.26 bits per heavy atom. The predicted octanol–water partition coefficient (Wildman–Crippen LogP) is 10.9. The molecule has 8 fully saturated rings. The summed E-state index contributed by atoms with van der Waals surface area (Å²) in [4.78, 5) is -0.540. The molecule has 13 heteroatoms. The lowest BCUT2D eigenvalue weighted by atomic mass is 9.79. The van der Waals surface area contributed by atoms with Crippen molar-refractivity contribution in [3.63, 3.8) is 0 Å². The SMILES string of the molecule is CCS[C@]12C[C@H]3O[C@H]4CC[C@@H](OCc5ccccc5)[C@](C)(CCCOCc5ccccc5)O[C@@H]4C[C@@H]3O[C@@H]1C[C@@H]1O[C@@H]3CC[C@@H]4O[C@@H]5C[C@H](O[Si](C)(C)C(C)(C)C)[C@@H](C)O[C@H]5C[C@H]4O[C@@]3(C)C[C@H]1O2. The predicted molar refractivity (Wildman–Crippen MR) is 270 cm³/mol. The lowest BCUT2D eigenvalue weighted by Crippen LogP contribution is -2.68. The van der Waals surface area contributed by atoms with E-state index in [0.717, 1.165) is 82.8 Å². The second-order valence-electron chi connectivity index (χ2n) is 23.8. The average Bonchev–Trinajstić information content (AvgIpc) is 3.53. The van der Waals surface area contributed by atoms with Crippen LogP contribution in [0.1, 0.15) is 137 Å². The third-order valence-corrected chi connectivity index (χ3v) is 23.6. The minimum Gasteiger partial charge on any atom is -0.411 e. The molecule has 8 aliphatic rings. The fourth-order valence-electron chi connectivity index (χ4n) is 12.9. The molecule has 10 rings (SSSR count). The van der Waals surface area contributed by atoms with Crippen LogP contribution in [0.25, 0.3) is 0 Å². The molecule has 0 radical (unpaired) electrons.